The van der Waals surface area contributed by atoms with E-state index in [-0.39, 0.29) is 0 Å². The maximum absolute atomic E-state index is 4.60. The summed E-state index contributed by atoms with van der Waals surface area (Å²) in [5, 5.41) is 6.93. The van der Waals surface area contributed by atoms with Crippen LogP contribution in [0.1, 0.15) is 19.2 Å². The summed E-state index contributed by atoms with van der Waals surface area (Å²) in [6, 6.07) is 0. The number of aromatic nitrogens is 2. The van der Waals surface area contributed by atoms with E-state index < -0.39 is 0 Å². The highest BCUT2D eigenvalue weighted by molar-refractivity contribution is 4.95. The third-order valence-electron chi connectivity index (χ3n) is 1.54. The first-order valence-electron chi connectivity index (χ1n) is 4.29. The van der Waals surface area contributed by atoms with E-state index in [2.05, 4.69) is 31.8 Å². The summed E-state index contributed by atoms with van der Waals surface area (Å²) in [6.07, 6.45) is 3.04. The molecule has 0 unspecified atom stereocenters. The number of nitrogens with zero attached hydrogens (tertiary/aromatic N) is 2. The molecule has 1 N–H and O–H groups in total. The SMILES string of the molecule is CC#CCCNCCc1ncon1. The molecular weight excluding hydrogens is 166 g/mol. The fourth-order valence-electron chi connectivity index (χ4n) is 0.904. The standard InChI is InChI=1S/C9H13N3O/c1-2-3-4-6-10-7-5-9-11-8-13-12-9/h8,10H,4-7H2,1H3. The lowest BCUT2D eigenvalue weighted by molar-refractivity contribution is 0.409. The summed E-state index contributed by atoms with van der Waals surface area (Å²) in [4.78, 5) is 3.90. The minimum absolute atomic E-state index is 0.745. The van der Waals surface area contributed by atoms with Gasteiger partial charge in [-0.05, 0) is 6.92 Å². The molecule has 13 heavy (non-hydrogen) atoms. The Morgan fingerprint density at radius 1 is 1.54 bits per heavy atom. The monoisotopic (exact) mass is 179 g/mol. The van der Waals surface area contributed by atoms with Crippen LogP contribution in [-0.2, 0) is 6.42 Å². The van der Waals surface area contributed by atoms with Crippen LogP contribution in [0.15, 0.2) is 10.9 Å². The van der Waals surface area contributed by atoms with Gasteiger partial charge in [0.25, 0.3) is 0 Å². The molecule has 1 aromatic heterocycles. The summed E-state index contributed by atoms with van der Waals surface area (Å²) in [5.41, 5.74) is 0. The van der Waals surface area contributed by atoms with E-state index in [0.717, 1.165) is 31.8 Å². The van der Waals surface area contributed by atoms with Crippen molar-refractivity contribution in [1.82, 2.24) is 15.5 Å². The summed E-state index contributed by atoms with van der Waals surface area (Å²) in [7, 11) is 0. The molecule has 0 saturated carbocycles. The predicted octanol–water partition coefficient (Wildman–Crippen LogP) is 0.615. The van der Waals surface area contributed by atoms with Gasteiger partial charge in [0.2, 0.25) is 6.39 Å². The average Bonchev–Trinajstić information content (AvgIpc) is 2.63. The Labute approximate surface area is 77.7 Å². The Balaban J connectivity index is 1.98. The van der Waals surface area contributed by atoms with Crippen molar-refractivity contribution in [3.05, 3.63) is 12.2 Å². The van der Waals surface area contributed by atoms with Crippen molar-refractivity contribution >= 4 is 0 Å². The minimum atomic E-state index is 0.745. The van der Waals surface area contributed by atoms with Gasteiger partial charge in [0, 0.05) is 25.9 Å². The van der Waals surface area contributed by atoms with E-state index in [9.17, 15) is 0 Å². The molecule has 0 aliphatic heterocycles. The molecular formula is C9H13N3O. The van der Waals surface area contributed by atoms with Crippen LogP contribution in [0.2, 0.25) is 0 Å². The maximum Gasteiger partial charge on any atom is 0.213 e. The Bertz CT molecular complexity index is 271. The van der Waals surface area contributed by atoms with Crippen LogP contribution in [0.25, 0.3) is 0 Å². The highest BCUT2D eigenvalue weighted by Crippen LogP contribution is 1.87. The summed E-state index contributed by atoms with van der Waals surface area (Å²) in [5.74, 6) is 6.57. The molecule has 1 aromatic rings. The Morgan fingerprint density at radius 2 is 2.46 bits per heavy atom. The van der Waals surface area contributed by atoms with Gasteiger partial charge in [-0.2, -0.15) is 4.98 Å². The number of rotatable bonds is 5. The van der Waals surface area contributed by atoms with Gasteiger partial charge in [-0.3, -0.25) is 0 Å². The van der Waals surface area contributed by atoms with Crippen molar-refractivity contribution < 1.29 is 4.52 Å². The average molecular weight is 179 g/mol. The van der Waals surface area contributed by atoms with Crippen molar-refractivity contribution in [1.29, 1.82) is 0 Å². The smallest absolute Gasteiger partial charge is 0.213 e. The zero-order chi connectivity index (χ0) is 9.36. The lowest BCUT2D eigenvalue weighted by atomic mass is 10.3. The molecule has 0 spiro atoms. The summed E-state index contributed by atoms with van der Waals surface area (Å²) in [6.45, 7) is 3.63. The van der Waals surface area contributed by atoms with Crippen LogP contribution in [0.5, 0.6) is 0 Å². The minimum Gasteiger partial charge on any atom is -0.343 e. The first kappa shape index (κ1) is 9.75. The molecule has 4 heteroatoms. The molecule has 0 fully saturated rings. The van der Waals surface area contributed by atoms with Gasteiger partial charge in [0.1, 0.15) is 0 Å². The molecule has 1 rings (SSSR count). The van der Waals surface area contributed by atoms with E-state index in [1.807, 2.05) is 6.92 Å². The van der Waals surface area contributed by atoms with E-state index in [0.29, 0.717) is 0 Å². The number of hydrogen-bond acceptors (Lipinski definition) is 4. The largest absolute Gasteiger partial charge is 0.343 e. The number of hydrogen-bond donors (Lipinski definition) is 1. The van der Waals surface area contributed by atoms with Gasteiger partial charge in [0.15, 0.2) is 5.82 Å². The molecule has 70 valence electrons. The van der Waals surface area contributed by atoms with Crippen LogP contribution >= 0.6 is 0 Å². The second kappa shape index (κ2) is 6.21. The van der Waals surface area contributed by atoms with E-state index in [4.69, 9.17) is 0 Å². The third-order valence-corrected chi connectivity index (χ3v) is 1.54. The molecule has 0 radical (unpaired) electrons. The Kier molecular flexibility index (Phi) is 4.65. The third kappa shape index (κ3) is 4.28. The Hall–Kier alpha value is -1.34. The quantitative estimate of drug-likeness (QED) is 0.531. The summed E-state index contributed by atoms with van der Waals surface area (Å²) >= 11 is 0. The van der Waals surface area contributed by atoms with E-state index in [1.165, 1.54) is 6.39 Å². The normalized spacial score (nSPS) is 9.31. The summed E-state index contributed by atoms with van der Waals surface area (Å²) < 4.78 is 4.60. The molecule has 0 aromatic carbocycles. The van der Waals surface area contributed by atoms with Crippen molar-refractivity contribution in [3.63, 3.8) is 0 Å². The van der Waals surface area contributed by atoms with Gasteiger partial charge in [-0.1, -0.05) is 5.16 Å². The lowest BCUT2D eigenvalue weighted by Crippen LogP contribution is -2.18. The van der Waals surface area contributed by atoms with Crippen LogP contribution < -0.4 is 5.32 Å². The van der Waals surface area contributed by atoms with E-state index >= 15 is 0 Å². The first-order chi connectivity index (χ1) is 6.43. The predicted molar refractivity (Wildman–Crippen MR) is 48.9 cm³/mol. The van der Waals surface area contributed by atoms with Crippen molar-refractivity contribution in [2.75, 3.05) is 13.1 Å². The molecule has 0 amide bonds. The second-order valence-electron chi connectivity index (χ2n) is 2.52. The zero-order valence-corrected chi connectivity index (χ0v) is 7.71. The molecule has 0 aliphatic rings. The molecule has 0 bridgehead atoms. The van der Waals surface area contributed by atoms with Gasteiger partial charge in [0.05, 0.1) is 0 Å². The van der Waals surface area contributed by atoms with Gasteiger partial charge >= 0.3 is 0 Å². The second-order valence-corrected chi connectivity index (χ2v) is 2.52. The molecule has 1 heterocycles. The number of nitrogens with one attached hydrogen (secondary N) is 1. The first-order valence-corrected chi connectivity index (χ1v) is 4.29. The van der Waals surface area contributed by atoms with Crippen molar-refractivity contribution in [2.45, 2.75) is 19.8 Å². The van der Waals surface area contributed by atoms with Gasteiger partial charge in [-0.25, -0.2) is 0 Å². The topological polar surface area (TPSA) is 51.0 Å². The highest BCUT2D eigenvalue weighted by atomic mass is 16.5. The van der Waals surface area contributed by atoms with Gasteiger partial charge in [-0.15, -0.1) is 11.8 Å². The molecule has 0 saturated heterocycles. The van der Waals surface area contributed by atoms with Gasteiger partial charge < -0.3 is 9.84 Å². The molecule has 4 nitrogen and oxygen atoms in total. The Morgan fingerprint density at radius 3 is 3.15 bits per heavy atom. The fraction of sp³-hybridized carbons (Fsp3) is 0.556. The zero-order valence-electron chi connectivity index (χ0n) is 7.71. The van der Waals surface area contributed by atoms with Crippen LogP contribution in [-0.4, -0.2) is 23.2 Å². The van der Waals surface area contributed by atoms with Crippen LogP contribution in [0.3, 0.4) is 0 Å². The van der Waals surface area contributed by atoms with Crippen LogP contribution in [0, 0.1) is 11.8 Å². The lowest BCUT2D eigenvalue weighted by Gasteiger charge is -1.97. The molecule has 0 atom stereocenters. The maximum atomic E-state index is 4.60. The van der Waals surface area contributed by atoms with E-state index in [1.54, 1.807) is 0 Å². The van der Waals surface area contributed by atoms with Crippen molar-refractivity contribution in [2.24, 2.45) is 0 Å². The van der Waals surface area contributed by atoms with Crippen molar-refractivity contribution in [3.8, 4) is 11.8 Å². The highest BCUT2D eigenvalue weighted by Gasteiger charge is 1.95. The fourth-order valence-corrected chi connectivity index (χ4v) is 0.904. The van der Waals surface area contributed by atoms with Crippen LogP contribution in [0.4, 0.5) is 0 Å². The molecule has 0 aliphatic carbocycles.